The lowest BCUT2D eigenvalue weighted by Crippen LogP contribution is -2.65. The van der Waals surface area contributed by atoms with Crippen molar-refractivity contribution >= 4 is 5.69 Å². The van der Waals surface area contributed by atoms with E-state index in [4.69, 9.17) is 0 Å². The molecule has 3 saturated heterocycles. The minimum atomic E-state index is 0.381. The summed E-state index contributed by atoms with van der Waals surface area (Å²) < 4.78 is 0. The third kappa shape index (κ3) is 3.78. The maximum absolute atomic E-state index is 2.79. The molecule has 0 aromatic heterocycles. The summed E-state index contributed by atoms with van der Waals surface area (Å²) in [6, 6.07) is 32.4. The number of aryl methyl sites for hydroxylation is 1. The summed E-state index contributed by atoms with van der Waals surface area (Å²) in [5, 5.41) is 0. The molecule has 3 fully saturated rings. The SMILES string of the molecule is CCc1ccccc1N(C)[C@@H]1C2CCN(CC2)[C@@H]1C(c1ccccc1)c1ccccc1. The zero-order valence-corrected chi connectivity index (χ0v) is 18.8. The highest BCUT2D eigenvalue weighted by atomic mass is 15.3. The molecule has 6 rings (SSSR count). The average molecular weight is 411 g/mol. The summed E-state index contributed by atoms with van der Waals surface area (Å²) in [6.07, 6.45) is 3.71. The summed E-state index contributed by atoms with van der Waals surface area (Å²) >= 11 is 0. The number of para-hydroxylation sites is 1. The van der Waals surface area contributed by atoms with E-state index in [0.717, 1.165) is 12.3 Å². The third-order valence-electron chi connectivity index (χ3n) is 7.69. The maximum Gasteiger partial charge on any atom is 0.0480 e. The number of benzene rings is 3. The Kier molecular flexibility index (Phi) is 5.82. The molecule has 160 valence electrons. The van der Waals surface area contributed by atoms with Crippen molar-refractivity contribution in [2.24, 2.45) is 5.92 Å². The van der Waals surface area contributed by atoms with E-state index in [0.29, 0.717) is 18.0 Å². The van der Waals surface area contributed by atoms with Crippen LogP contribution in [0.4, 0.5) is 5.69 Å². The molecule has 0 spiro atoms. The molecule has 2 atom stereocenters. The summed E-state index contributed by atoms with van der Waals surface area (Å²) in [5.74, 6) is 1.13. The Morgan fingerprint density at radius 3 is 1.94 bits per heavy atom. The normalized spacial score (nSPS) is 25.0. The number of piperidine rings is 3. The van der Waals surface area contributed by atoms with Crippen LogP contribution in [0.25, 0.3) is 0 Å². The number of rotatable bonds is 6. The molecule has 0 saturated carbocycles. The van der Waals surface area contributed by atoms with Gasteiger partial charge in [-0.15, -0.1) is 0 Å². The first-order valence-corrected chi connectivity index (χ1v) is 11.9. The van der Waals surface area contributed by atoms with Gasteiger partial charge in [0.05, 0.1) is 0 Å². The molecular weight excluding hydrogens is 376 g/mol. The van der Waals surface area contributed by atoms with Crippen LogP contribution in [0.2, 0.25) is 0 Å². The van der Waals surface area contributed by atoms with Crippen LogP contribution in [0.3, 0.4) is 0 Å². The summed E-state index contributed by atoms with van der Waals surface area (Å²) in [5.41, 5.74) is 5.74. The molecule has 0 N–H and O–H groups in total. The zero-order chi connectivity index (χ0) is 21.2. The first-order valence-electron chi connectivity index (χ1n) is 11.9. The first-order chi connectivity index (χ1) is 15.3. The van der Waals surface area contributed by atoms with Crippen molar-refractivity contribution in [3.63, 3.8) is 0 Å². The van der Waals surface area contributed by atoms with Crippen LogP contribution < -0.4 is 4.90 Å². The Morgan fingerprint density at radius 1 is 0.806 bits per heavy atom. The standard InChI is InChI=1S/C29H34N2/c1-3-22-12-10-11-17-26(22)30(2)28-25-18-20-31(21-19-25)29(28)27(23-13-6-4-7-14-23)24-15-8-5-9-16-24/h4-17,25,27-29H,3,18-21H2,1-2H3/t28-,29-/m1/s1. The average Bonchev–Trinajstić information content (AvgIpc) is 2.86. The van der Waals surface area contributed by atoms with Crippen LogP contribution in [0.5, 0.6) is 0 Å². The lowest BCUT2D eigenvalue weighted by atomic mass is 9.70. The van der Waals surface area contributed by atoms with Crippen molar-refractivity contribution in [2.75, 3.05) is 25.0 Å². The van der Waals surface area contributed by atoms with E-state index >= 15 is 0 Å². The lowest BCUT2D eigenvalue weighted by molar-refractivity contribution is 0.0186. The summed E-state index contributed by atoms with van der Waals surface area (Å²) in [6.45, 7) is 4.73. The van der Waals surface area contributed by atoms with E-state index in [-0.39, 0.29) is 0 Å². The van der Waals surface area contributed by atoms with Gasteiger partial charge in [0.15, 0.2) is 0 Å². The van der Waals surface area contributed by atoms with E-state index in [2.05, 4.69) is 109 Å². The highest BCUT2D eigenvalue weighted by molar-refractivity contribution is 5.55. The number of likely N-dealkylation sites (N-methyl/N-ethyl adjacent to an activating group) is 1. The Balaban J connectivity index is 1.61. The molecule has 0 aliphatic carbocycles. The number of anilines is 1. The van der Waals surface area contributed by atoms with Crippen molar-refractivity contribution in [2.45, 2.75) is 44.2 Å². The first kappa shape index (κ1) is 20.3. The van der Waals surface area contributed by atoms with Crippen molar-refractivity contribution in [1.82, 2.24) is 4.90 Å². The van der Waals surface area contributed by atoms with Crippen molar-refractivity contribution in [3.05, 3.63) is 102 Å². The Bertz CT molecular complexity index is 936. The lowest BCUT2D eigenvalue weighted by Gasteiger charge is -2.57. The second-order valence-electron chi connectivity index (χ2n) is 9.25. The summed E-state index contributed by atoms with van der Waals surface area (Å²) in [7, 11) is 2.35. The van der Waals surface area contributed by atoms with E-state index < -0.39 is 0 Å². The van der Waals surface area contributed by atoms with Gasteiger partial charge in [-0.3, -0.25) is 4.90 Å². The van der Waals surface area contributed by atoms with E-state index in [1.807, 2.05) is 0 Å². The van der Waals surface area contributed by atoms with Crippen molar-refractivity contribution < 1.29 is 0 Å². The number of hydrogen-bond donors (Lipinski definition) is 0. The predicted molar refractivity (Wildman–Crippen MR) is 131 cm³/mol. The third-order valence-corrected chi connectivity index (χ3v) is 7.69. The smallest absolute Gasteiger partial charge is 0.0480 e. The zero-order valence-electron chi connectivity index (χ0n) is 18.8. The molecule has 3 heterocycles. The van der Waals surface area contributed by atoms with Crippen LogP contribution in [0.1, 0.15) is 42.4 Å². The topological polar surface area (TPSA) is 6.48 Å². The van der Waals surface area contributed by atoms with Crippen LogP contribution in [-0.2, 0) is 6.42 Å². The van der Waals surface area contributed by atoms with Gasteiger partial charge in [0.25, 0.3) is 0 Å². The van der Waals surface area contributed by atoms with Crippen molar-refractivity contribution in [1.29, 1.82) is 0 Å². The molecule has 3 aromatic carbocycles. The van der Waals surface area contributed by atoms with Gasteiger partial charge in [0.1, 0.15) is 0 Å². The van der Waals surface area contributed by atoms with Gasteiger partial charge in [-0.2, -0.15) is 0 Å². The van der Waals surface area contributed by atoms with Crippen LogP contribution in [0, 0.1) is 5.92 Å². The number of nitrogens with zero attached hydrogens (tertiary/aromatic N) is 2. The van der Waals surface area contributed by atoms with Gasteiger partial charge < -0.3 is 4.90 Å². The fourth-order valence-corrected chi connectivity index (χ4v) is 6.23. The quantitative estimate of drug-likeness (QED) is 0.493. The molecule has 31 heavy (non-hydrogen) atoms. The van der Waals surface area contributed by atoms with Gasteiger partial charge >= 0.3 is 0 Å². The van der Waals surface area contributed by atoms with Crippen molar-refractivity contribution in [3.8, 4) is 0 Å². The number of fused-ring (bicyclic) bond motifs is 3. The van der Waals surface area contributed by atoms with Gasteiger partial charge in [-0.25, -0.2) is 0 Å². The predicted octanol–water partition coefficient (Wildman–Crippen LogP) is 5.98. The van der Waals surface area contributed by atoms with Gasteiger partial charge in [0.2, 0.25) is 0 Å². The van der Waals surface area contributed by atoms with Gasteiger partial charge in [-0.1, -0.05) is 85.8 Å². The maximum atomic E-state index is 2.79. The number of hydrogen-bond acceptors (Lipinski definition) is 2. The molecule has 2 bridgehead atoms. The minimum Gasteiger partial charge on any atom is -0.369 e. The minimum absolute atomic E-state index is 0.381. The highest BCUT2D eigenvalue weighted by Crippen LogP contribution is 2.45. The molecule has 0 amide bonds. The monoisotopic (exact) mass is 410 g/mol. The highest BCUT2D eigenvalue weighted by Gasteiger charge is 2.48. The molecule has 3 aliphatic rings. The Labute approximate surface area is 187 Å². The fraction of sp³-hybridized carbons (Fsp3) is 0.379. The van der Waals surface area contributed by atoms with E-state index in [1.165, 1.54) is 48.3 Å². The van der Waals surface area contributed by atoms with Crippen LogP contribution >= 0.6 is 0 Å². The molecule has 3 aromatic rings. The fourth-order valence-electron chi connectivity index (χ4n) is 6.23. The van der Waals surface area contributed by atoms with Crippen LogP contribution in [-0.4, -0.2) is 37.1 Å². The molecule has 0 unspecified atom stereocenters. The molecule has 2 heteroatoms. The van der Waals surface area contributed by atoms with Gasteiger partial charge in [-0.05, 0) is 61.0 Å². The van der Waals surface area contributed by atoms with E-state index in [9.17, 15) is 0 Å². The second kappa shape index (κ2) is 8.88. The van der Waals surface area contributed by atoms with E-state index in [1.54, 1.807) is 0 Å². The molecule has 2 nitrogen and oxygen atoms in total. The molecular formula is C29H34N2. The molecule has 3 aliphatic heterocycles. The second-order valence-corrected chi connectivity index (χ2v) is 9.25. The summed E-state index contributed by atoms with van der Waals surface area (Å²) in [4.78, 5) is 5.43. The Morgan fingerprint density at radius 2 is 1.35 bits per heavy atom. The van der Waals surface area contributed by atoms with Gasteiger partial charge in [0, 0.05) is 30.7 Å². The Hall–Kier alpha value is -2.58. The largest absolute Gasteiger partial charge is 0.369 e. The molecule has 0 radical (unpaired) electrons. The van der Waals surface area contributed by atoms with Crippen LogP contribution in [0.15, 0.2) is 84.9 Å².